The van der Waals surface area contributed by atoms with E-state index in [4.69, 9.17) is 4.74 Å². The fourth-order valence-corrected chi connectivity index (χ4v) is 2.64. The van der Waals surface area contributed by atoms with Crippen LogP contribution in [-0.4, -0.2) is 25.2 Å². The van der Waals surface area contributed by atoms with E-state index in [1.54, 1.807) is 0 Å². The summed E-state index contributed by atoms with van der Waals surface area (Å²) in [5.74, 6) is 0.0831. The molecule has 3 unspecified atom stereocenters. The van der Waals surface area contributed by atoms with Crippen molar-refractivity contribution >= 4 is 5.97 Å². The standard InChI is InChI=1S/C13H25NO2/c1-4-6-10(2)14-12-8-5-7-11(9-12)13(15)16-3/h10-12,14H,4-9H2,1-3H3. The second-order valence-corrected chi connectivity index (χ2v) is 4.94. The van der Waals surface area contributed by atoms with Crippen molar-refractivity contribution in [1.82, 2.24) is 5.32 Å². The minimum Gasteiger partial charge on any atom is -0.469 e. The maximum absolute atomic E-state index is 11.5. The quantitative estimate of drug-likeness (QED) is 0.733. The van der Waals surface area contributed by atoms with Gasteiger partial charge < -0.3 is 10.1 Å². The first-order chi connectivity index (χ1) is 7.67. The largest absolute Gasteiger partial charge is 0.469 e. The van der Waals surface area contributed by atoms with Gasteiger partial charge in [0.2, 0.25) is 0 Å². The first-order valence-electron chi connectivity index (χ1n) is 6.51. The molecule has 3 atom stereocenters. The number of carbonyl (C=O) groups excluding carboxylic acids is 1. The topological polar surface area (TPSA) is 38.3 Å². The summed E-state index contributed by atoms with van der Waals surface area (Å²) in [6.45, 7) is 4.43. The Morgan fingerprint density at radius 2 is 2.25 bits per heavy atom. The number of hydrogen-bond acceptors (Lipinski definition) is 3. The first kappa shape index (κ1) is 13.5. The summed E-state index contributed by atoms with van der Waals surface area (Å²) in [7, 11) is 1.49. The Bertz CT molecular complexity index is 218. The second kappa shape index (κ2) is 6.89. The molecule has 1 N–H and O–H groups in total. The van der Waals surface area contributed by atoms with Crippen LogP contribution in [0.2, 0.25) is 0 Å². The Labute approximate surface area is 98.9 Å². The molecule has 1 aliphatic rings. The number of ether oxygens (including phenoxy) is 1. The molecule has 3 nitrogen and oxygen atoms in total. The Kier molecular flexibility index (Phi) is 5.81. The van der Waals surface area contributed by atoms with Crippen LogP contribution >= 0.6 is 0 Å². The maximum atomic E-state index is 11.5. The summed E-state index contributed by atoms with van der Waals surface area (Å²) >= 11 is 0. The molecule has 0 saturated heterocycles. The lowest BCUT2D eigenvalue weighted by Gasteiger charge is -2.30. The van der Waals surface area contributed by atoms with Crippen molar-refractivity contribution < 1.29 is 9.53 Å². The molecular weight excluding hydrogens is 202 g/mol. The van der Waals surface area contributed by atoms with Crippen LogP contribution in [0, 0.1) is 5.92 Å². The molecule has 0 radical (unpaired) electrons. The van der Waals surface area contributed by atoms with Gasteiger partial charge in [0.05, 0.1) is 13.0 Å². The van der Waals surface area contributed by atoms with Crippen molar-refractivity contribution in [3.63, 3.8) is 0 Å². The van der Waals surface area contributed by atoms with E-state index in [0.29, 0.717) is 12.1 Å². The van der Waals surface area contributed by atoms with E-state index < -0.39 is 0 Å². The third-order valence-electron chi connectivity index (χ3n) is 3.45. The zero-order valence-electron chi connectivity index (χ0n) is 10.8. The maximum Gasteiger partial charge on any atom is 0.308 e. The lowest BCUT2D eigenvalue weighted by Crippen LogP contribution is -2.41. The molecule has 0 bridgehead atoms. The van der Waals surface area contributed by atoms with E-state index in [2.05, 4.69) is 19.2 Å². The summed E-state index contributed by atoms with van der Waals surface area (Å²) < 4.78 is 4.82. The molecule has 16 heavy (non-hydrogen) atoms. The Hall–Kier alpha value is -0.570. The van der Waals surface area contributed by atoms with E-state index >= 15 is 0 Å². The van der Waals surface area contributed by atoms with E-state index in [-0.39, 0.29) is 11.9 Å². The highest BCUT2D eigenvalue weighted by Gasteiger charge is 2.28. The van der Waals surface area contributed by atoms with Gasteiger partial charge in [-0.1, -0.05) is 19.8 Å². The molecule has 0 aliphatic heterocycles. The third-order valence-corrected chi connectivity index (χ3v) is 3.45. The average molecular weight is 227 g/mol. The molecule has 1 saturated carbocycles. The van der Waals surface area contributed by atoms with Gasteiger partial charge >= 0.3 is 5.97 Å². The van der Waals surface area contributed by atoms with Crippen LogP contribution in [0.3, 0.4) is 0 Å². The van der Waals surface area contributed by atoms with Gasteiger partial charge in [-0.2, -0.15) is 0 Å². The minimum atomic E-state index is -0.0327. The summed E-state index contributed by atoms with van der Waals surface area (Å²) in [5, 5.41) is 3.62. The van der Waals surface area contributed by atoms with Crippen molar-refractivity contribution in [2.45, 2.75) is 64.5 Å². The van der Waals surface area contributed by atoms with Crippen LogP contribution < -0.4 is 5.32 Å². The van der Waals surface area contributed by atoms with Gasteiger partial charge in [0.1, 0.15) is 0 Å². The van der Waals surface area contributed by atoms with E-state index in [9.17, 15) is 4.79 Å². The van der Waals surface area contributed by atoms with Gasteiger partial charge in [-0.25, -0.2) is 0 Å². The van der Waals surface area contributed by atoms with Crippen LogP contribution in [0.25, 0.3) is 0 Å². The highest BCUT2D eigenvalue weighted by Crippen LogP contribution is 2.25. The first-order valence-corrected chi connectivity index (χ1v) is 6.51. The molecule has 0 aromatic heterocycles. The predicted molar refractivity (Wildman–Crippen MR) is 65.3 cm³/mol. The number of hydrogen-bond donors (Lipinski definition) is 1. The Morgan fingerprint density at radius 3 is 2.88 bits per heavy atom. The molecule has 0 aromatic carbocycles. The van der Waals surface area contributed by atoms with Crippen molar-refractivity contribution in [2.24, 2.45) is 5.92 Å². The van der Waals surface area contributed by atoms with Crippen LogP contribution in [0.15, 0.2) is 0 Å². The van der Waals surface area contributed by atoms with Gasteiger partial charge in [0.25, 0.3) is 0 Å². The molecule has 1 fully saturated rings. The molecule has 0 aromatic rings. The second-order valence-electron chi connectivity index (χ2n) is 4.94. The lowest BCUT2D eigenvalue weighted by molar-refractivity contribution is -0.146. The predicted octanol–water partition coefficient (Wildman–Crippen LogP) is 2.50. The monoisotopic (exact) mass is 227 g/mol. The molecule has 0 amide bonds. The van der Waals surface area contributed by atoms with E-state index in [1.165, 1.54) is 26.4 Å². The average Bonchev–Trinajstić information content (AvgIpc) is 2.28. The normalized spacial score (nSPS) is 27.4. The zero-order valence-corrected chi connectivity index (χ0v) is 10.8. The fourth-order valence-electron chi connectivity index (χ4n) is 2.64. The molecule has 3 heteroatoms. The number of carbonyl (C=O) groups is 1. The van der Waals surface area contributed by atoms with Crippen molar-refractivity contribution in [3.8, 4) is 0 Å². The highest BCUT2D eigenvalue weighted by molar-refractivity contribution is 5.72. The van der Waals surface area contributed by atoms with Crippen molar-refractivity contribution in [3.05, 3.63) is 0 Å². The Balaban J connectivity index is 2.35. The Morgan fingerprint density at radius 1 is 1.50 bits per heavy atom. The highest BCUT2D eigenvalue weighted by atomic mass is 16.5. The van der Waals surface area contributed by atoms with Gasteiger partial charge in [-0.05, 0) is 32.6 Å². The van der Waals surface area contributed by atoms with Crippen molar-refractivity contribution in [2.75, 3.05) is 7.11 Å². The smallest absolute Gasteiger partial charge is 0.308 e. The van der Waals surface area contributed by atoms with Crippen molar-refractivity contribution in [1.29, 1.82) is 0 Å². The molecular formula is C13H25NO2. The van der Waals surface area contributed by atoms with E-state index in [0.717, 1.165) is 19.3 Å². The van der Waals surface area contributed by atoms with Gasteiger partial charge in [-0.3, -0.25) is 4.79 Å². The van der Waals surface area contributed by atoms with Gasteiger partial charge in [0, 0.05) is 12.1 Å². The minimum absolute atomic E-state index is 0.0327. The molecule has 0 heterocycles. The summed E-state index contributed by atoms with van der Waals surface area (Å²) in [6.07, 6.45) is 6.69. The summed E-state index contributed by atoms with van der Waals surface area (Å²) in [4.78, 5) is 11.5. The lowest BCUT2D eigenvalue weighted by atomic mass is 9.85. The van der Waals surface area contributed by atoms with Crippen LogP contribution in [0.1, 0.15) is 52.4 Å². The summed E-state index contributed by atoms with van der Waals surface area (Å²) in [5.41, 5.74) is 0. The zero-order chi connectivity index (χ0) is 12.0. The van der Waals surface area contributed by atoms with Gasteiger partial charge in [-0.15, -0.1) is 0 Å². The third kappa shape index (κ3) is 4.12. The number of methoxy groups -OCH3 is 1. The molecule has 1 aliphatic carbocycles. The van der Waals surface area contributed by atoms with Crippen LogP contribution in [0.4, 0.5) is 0 Å². The fraction of sp³-hybridized carbons (Fsp3) is 0.923. The van der Waals surface area contributed by atoms with Gasteiger partial charge in [0.15, 0.2) is 0 Å². The number of esters is 1. The van der Waals surface area contributed by atoms with Crippen LogP contribution in [0.5, 0.6) is 0 Å². The van der Waals surface area contributed by atoms with E-state index in [1.807, 2.05) is 0 Å². The SMILES string of the molecule is CCCC(C)NC1CCCC(C(=O)OC)C1. The molecule has 1 rings (SSSR count). The molecule has 0 spiro atoms. The van der Waals surface area contributed by atoms with Crippen LogP contribution in [-0.2, 0) is 9.53 Å². The number of rotatable bonds is 5. The summed E-state index contributed by atoms with van der Waals surface area (Å²) in [6, 6.07) is 1.06. The molecule has 94 valence electrons. The number of nitrogens with one attached hydrogen (secondary N) is 1.